The zero-order chi connectivity index (χ0) is 18.4. The molecule has 0 aliphatic carbocycles. The van der Waals surface area contributed by atoms with Crippen LogP contribution in [0.5, 0.6) is 0 Å². The standard InChI is InChI=1S/C18H17F3N2O2/c1-12-3-2-4-13(9-12)11-22-16(24)10-17(25)23-15-7-5-14(6-8-15)18(19,20)21/h2-9H,10-11H2,1H3,(H,22,24)(H,23,25). The summed E-state index contributed by atoms with van der Waals surface area (Å²) in [7, 11) is 0. The summed E-state index contributed by atoms with van der Waals surface area (Å²) in [4.78, 5) is 23.5. The summed E-state index contributed by atoms with van der Waals surface area (Å²) in [5, 5.41) is 5.02. The number of rotatable bonds is 5. The number of nitrogens with one attached hydrogen (secondary N) is 2. The van der Waals surface area contributed by atoms with Crippen molar-refractivity contribution < 1.29 is 22.8 Å². The Hall–Kier alpha value is -2.83. The van der Waals surface area contributed by atoms with Crippen molar-refractivity contribution in [1.29, 1.82) is 0 Å². The summed E-state index contributed by atoms with van der Waals surface area (Å²) in [5.74, 6) is -1.06. The molecule has 0 aliphatic heterocycles. The number of carbonyl (C=O) groups excluding carboxylic acids is 2. The molecule has 2 N–H and O–H groups in total. The second-order valence-electron chi connectivity index (χ2n) is 5.57. The van der Waals surface area contributed by atoms with Crippen LogP contribution in [0.15, 0.2) is 48.5 Å². The lowest BCUT2D eigenvalue weighted by molar-refractivity contribution is -0.137. The van der Waals surface area contributed by atoms with E-state index < -0.39 is 30.0 Å². The van der Waals surface area contributed by atoms with Crippen LogP contribution in [0, 0.1) is 6.92 Å². The van der Waals surface area contributed by atoms with E-state index in [1.807, 2.05) is 31.2 Å². The van der Waals surface area contributed by atoms with E-state index in [4.69, 9.17) is 0 Å². The van der Waals surface area contributed by atoms with Crippen LogP contribution in [-0.4, -0.2) is 11.8 Å². The van der Waals surface area contributed by atoms with Gasteiger partial charge in [-0.05, 0) is 36.8 Å². The Kier molecular flexibility index (Phi) is 5.80. The van der Waals surface area contributed by atoms with Gasteiger partial charge in [-0.3, -0.25) is 9.59 Å². The molecule has 2 amide bonds. The first-order chi connectivity index (χ1) is 11.7. The largest absolute Gasteiger partial charge is 0.416 e. The number of anilines is 1. The molecule has 2 aromatic rings. The summed E-state index contributed by atoms with van der Waals surface area (Å²) in [6, 6.07) is 11.6. The third kappa shape index (κ3) is 5.95. The molecule has 0 aliphatic rings. The van der Waals surface area contributed by atoms with E-state index in [-0.39, 0.29) is 5.69 Å². The summed E-state index contributed by atoms with van der Waals surface area (Å²) >= 11 is 0. The van der Waals surface area contributed by atoms with E-state index >= 15 is 0 Å². The van der Waals surface area contributed by atoms with Gasteiger partial charge in [-0.25, -0.2) is 0 Å². The molecule has 7 heteroatoms. The van der Waals surface area contributed by atoms with E-state index in [0.29, 0.717) is 6.54 Å². The van der Waals surface area contributed by atoms with Crippen LogP contribution in [0.2, 0.25) is 0 Å². The summed E-state index contributed by atoms with van der Waals surface area (Å²) in [5.41, 5.74) is 1.37. The third-order valence-corrected chi connectivity index (χ3v) is 3.39. The normalized spacial score (nSPS) is 11.0. The number of hydrogen-bond acceptors (Lipinski definition) is 2. The Morgan fingerprint density at radius 2 is 1.68 bits per heavy atom. The second-order valence-corrected chi connectivity index (χ2v) is 5.57. The molecule has 0 unspecified atom stereocenters. The number of alkyl halides is 3. The topological polar surface area (TPSA) is 58.2 Å². The van der Waals surface area contributed by atoms with Gasteiger partial charge >= 0.3 is 6.18 Å². The van der Waals surface area contributed by atoms with Gasteiger partial charge in [-0.15, -0.1) is 0 Å². The maximum atomic E-state index is 12.5. The van der Waals surface area contributed by atoms with Gasteiger partial charge in [-0.1, -0.05) is 29.8 Å². The van der Waals surface area contributed by atoms with Crippen molar-refractivity contribution in [2.75, 3.05) is 5.32 Å². The lowest BCUT2D eigenvalue weighted by atomic mass is 10.1. The van der Waals surface area contributed by atoms with Gasteiger partial charge in [-0.2, -0.15) is 13.2 Å². The van der Waals surface area contributed by atoms with Crippen molar-refractivity contribution in [2.45, 2.75) is 26.1 Å². The van der Waals surface area contributed by atoms with Crippen molar-refractivity contribution in [3.63, 3.8) is 0 Å². The van der Waals surface area contributed by atoms with E-state index in [1.54, 1.807) is 0 Å². The Labute approximate surface area is 143 Å². The first-order valence-corrected chi connectivity index (χ1v) is 7.53. The van der Waals surface area contributed by atoms with Crippen molar-refractivity contribution in [1.82, 2.24) is 5.32 Å². The average molecular weight is 350 g/mol. The molecule has 25 heavy (non-hydrogen) atoms. The van der Waals surface area contributed by atoms with Gasteiger partial charge in [0, 0.05) is 12.2 Å². The minimum atomic E-state index is -4.43. The van der Waals surface area contributed by atoms with Crippen LogP contribution >= 0.6 is 0 Å². The Morgan fingerprint density at radius 1 is 1.00 bits per heavy atom. The molecule has 0 fully saturated rings. The molecule has 0 bridgehead atoms. The van der Waals surface area contributed by atoms with Gasteiger partial charge < -0.3 is 10.6 Å². The van der Waals surface area contributed by atoms with Crippen molar-refractivity contribution >= 4 is 17.5 Å². The maximum absolute atomic E-state index is 12.5. The average Bonchev–Trinajstić information content (AvgIpc) is 2.52. The highest BCUT2D eigenvalue weighted by atomic mass is 19.4. The smallest absolute Gasteiger partial charge is 0.352 e. The summed E-state index contributed by atoms with van der Waals surface area (Å²) in [6.45, 7) is 2.23. The van der Waals surface area contributed by atoms with Crippen LogP contribution in [0.3, 0.4) is 0 Å². The summed E-state index contributed by atoms with van der Waals surface area (Å²) < 4.78 is 37.4. The molecule has 132 valence electrons. The predicted molar refractivity (Wildman–Crippen MR) is 87.7 cm³/mol. The van der Waals surface area contributed by atoms with Crippen LogP contribution in [0.1, 0.15) is 23.1 Å². The molecule has 0 radical (unpaired) electrons. The number of hydrogen-bond donors (Lipinski definition) is 2. The Bertz CT molecular complexity index is 756. The van der Waals surface area contributed by atoms with Crippen LogP contribution in [-0.2, 0) is 22.3 Å². The molecule has 0 spiro atoms. The minimum Gasteiger partial charge on any atom is -0.352 e. The fraction of sp³-hybridized carbons (Fsp3) is 0.222. The zero-order valence-corrected chi connectivity index (χ0v) is 13.5. The van der Waals surface area contributed by atoms with E-state index in [9.17, 15) is 22.8 Å². The van der Waals surface area contributed by atoms with E-state index in [1.165, 1.54) is 0 Å². The number of halogens is 3. The zero-order valence-electron chi connectivity index (χ0n) is 13.5. The van der Waals surface area contributed by atoms with Gasteiger partial charge in [0.1, 0.15) is 6.42 Å². The highest BCUT2D eigenvalue weighted by Crippen LogP contribution is 2.29. The molecular weight excluding hydrogens is 333 g/mol. The molecule has 2 aromatic carbocycles. The Balaban J connectivity index is 1.82. The van der Waals surface area contributed by atoms with Crippen molar-refractivity contribution in [3.8, 4) is 0 Å². The molecular formula is C18H17F3N2O2. The minimum absolute atomic E-state index is 0.199. The fourth-order valence-electron chi connectivity index (χ4n) is 2.18. The monoisotopic (exact) mass is 350 g/mol. The van der Waals surface area contributed by atoms with Crippen molar-refractivity contribution in [3.05, 3.63) is 65.2 Å². The quantitative estimate of drug-likeness (QED) is 0.809. The van der Waals surface area contributed by atoms with Crippen LogP contribution < -0.4 is 10.6 Å². The van der Waals surface area contributed by atoms with Gasteiger partial charge in [0.15, 0.2) is 0 Å². The molecule has 4 nitrogen and oxygen atoms in total. The first-order valence-electron chi connectivity index (χ1n) is 7.53. The Morgan fingerprint density at radius 3 is 2.28 bits per heavy atom. The molecule has 0 heterocycles. The highest BCUT2D eigenvalue weighted by Gasteiger charge is 2.29. The van der Waals surface area contributed by atoms with E-state index in [2.05, 4.69) is 10.6 Å². The summed E-state index contributed by atoms with van der Waals surface area (Å²) in [6.07, 6.45) is -4.84. The van der Waals surface area contributed by atoms with E-state index in [0.717, 1.165) is 35.4 Å². The fourth-order valence-corrected chi connectivity index (χ4v) is 2.18. The number of aryl methyl sites for hydroxylation is 1. The molecule has 0 saturated heterocycles. The molecule has 0 saturated carbocycles. The predicted octanol–water partition coefficient (Wildman–Crippen LogP) is 3.66. The first kappa shape index (κ1) is 18.5. The SMILES string of the molecule is Cc1cccc(CNC(=O)CC(=O)Nc2ccc(C(F)(F)F)cc2)c1. The lowest BCUT2D eigenvalue weighted by Crippen LogP contribution is -2.27. The van der Waals surface area contributed by atoms with Gasteiger partial charge in [0.2, 0.25) is 11.8 Å². The van der Waals surface area contributed by atoms with Gasteiger partial charge in [0.05, 0.1) is 5.56 Å². The maximum Gasteiger partial charge on any atom is 0.416 e. The van der Waals surface area contributed by atoms with Crippen LogP contribution in [0.25, 0.3) is 0 Å². The van der Waals surface area contributed by atoms with Gasteiger partial charge in [0.25, 0.3) is 0 Å². The lowest BCUT2D eigenvalue weighted by Gasteiger charge is -2.09. The third-order valence-electron chi connectivity index (χ3n) is 3.39. The highest BCUT2D eigenvalue weighted by molar-refractivity contribution is 6.03. The van der Waals surface area contributed by atoms with Crippen molar-refractivity contribution in [2.24, 2.45) is 0 Å². The molecule has 2 rings (SSSR count). The molecule has 0 aromatic heterocycles. The number of amides is 2. The molecule has 0 atom stereocenters. The van der Waals surface area contributed by atoms with Crippen LogP contribution in [0.4, 0.5) is 18.9 Å². The number of carbonyl (C=O) groups is 2. The number of benzene rings is 2. The second kappa shape index (κ2) is 7.83.